The molecule has 2 rings (SSSR count). The van der Waals surface area contributed by atoms with Crippen LogP contribution in [0.4, 0.5) is 11.5 Å². The lowest BCUT2D eigenvalue weighted by Gasteiger charge is -2.15. The number of nitrogens with one attached hydrogen (secondary N) is 2. The minimum atomic E-state index is -1.00. The van der Waals surface area contributed by atoms with Crippen molar-refractivity contribution >= 4 is 41.1 Å². The van der Waals surface area contributed by atoms with E-state index in [-0.39, 0.29) is 11.7 Å². The highest BCUT2D eigenvalue weighted by molar-refractivity contribution is 8.01. The van der Waals surface area contributed by atoms with Crippen LogP contribution < -0.4 is 15.4 Å². The number of esters is 1. The first-order valence-electron chi connectivity index (χ1n) is 8.79. The summed E-state index contributed by atoms with van der Waals surface area (Å²) in [5.74, 6) is -0.114. The first kappa shape index (κ1) is 22.3. The molecule has 10 heteroatoms. The molecule has 9 nitrogen and oxygen atoms in total. The smallest absolute Gasteiger partial charge is 0.316 e. The Kier molecular flexibility index (Phi) is 8.08. The molecule has 156 valence electrons. The Bertz CT molecular complexity index is 869. The zero-order valence-corrected chi connectivity index (χ0v) is 17.4. The molecule has 1 heterocycles. The zero-order chi connectivity index (χ0) is 21.4. The number of amides is 2. The van der Waals surface area contributed by atoms with E-state index >= 15 is 0 Å². The van der Waals surface area contributed by atoms with E-state index in [0.717, 1.165) is 11.8 Å². The second-order valence-electron chi connectivity index (χ2n) is 6.09. The monoisotopic (exact) mass is 421 g/mol. The third-order valence-corrected chi connectivity index (χ3v) is 4.86. The van der Waals surface area contributed by atoms with Gasteiger partial charge in [0.15, 0.2) is 11.9 Å². The van der Waals surface area contributed by atoms with Gasteiger partial charge in [0.05, 0.1) is 23.8 Å². The van der Waals surface area contributed by atoms with Crippen LogP contribution >= 0.6 is 11.8 Å². The predicted octanol–water partition coefficient (Wildman–Crippen LogP) is 2.62. The molecule has 2 atom stereocenters. The van der Waals surface area contributed by atoms with Crippen LogP contribution in [0, 0.1) is 6.92 Å². The first-order valence-corrected chi connectivity index (χ1v) is 9.84. The van der Waals surface area contributed by atoms with Crippen LogP contribution in [-0.2, 0) is 19.1 Å². The number of nitrogens with zero attached hydrogens (tertiary/aromatic N) is 1. The molecule has 0 aliphatic heterocycles. The van der Waals surface area contributed by atoms with Gasteiger partial charge in [-0.25, -0.2) is 0 Å². The van der Waals surface area contributed by atoms with Crippen LogP contribution in [0.2, 0.25) is 0 Å². The lowest BCUT2D eigenvalue weighted by Crippen LogP contribution is -2.31. The molecule has 0 saturated carbocycles. The molecule has 29 heavy (non-hydrogen) atoms. The number of carbonyl (C=O) groups excluding carboxylic acids is 3. The quantitative estimate of drug-likeness (QED) is 0.593. The number of ether oxygens (including phenoxy) is 2. The third kappa shape index (κ3) is 6.83. The number of benzene rings is 1. The average Bonchev–Trinajstić information content (AvgIpc) is 3.10. The van der Waals surface area contributed by atoms with E-state index in [2.05, 4.69) is 15.8 Å². The van der Waals surface area contributed by atoms with Gasteiger partial charge in [0.2, 0.25) is 5.91 Å². The van der Waals surface area contributed by atoms with Gasteiger partial charge in [0.1, 0.15) is 11.5 Å². The van der Waals surface area contributed by atoms with Gasteiger partial charge < -0.3 is 24.6 Å². The van der Waals surface area contributed by atoms with Crippen LogP contribution in [0.1, 0.15) is 19.6 Å². The first-order chi connectivity index (χ1) is 13.8. The normalized spacial score (nSPS) is 12.6. The van der Waals surface area contributed by atoms with Crippen LogP contribution in [0.15, 0.2) is 34.9 Å². The minimum Gasteiger partial charge on any atom is -0.495 e. The average molecular weight is 421 g/mol. The van der Waals surface area contributed by atoms with Gasteiger partial charge in [-0.2, -0.15) is 0 Å². The Labute approximate surface area is 172 Å². The van der Waals surface area contributed by atoms with Gasteiger partial charge in [-0.3, -0.25) is 14.4 Å². The van der Waals surface area contributed by atoms with E-state index in [4.69, 9.17) is 14.0 Å². The summed E-state index contributed by atoms with van der Waals surface area (Å²) in [5, 5.41) is 8.39. The summed E-state index contributed by atoms with van der Waals surface area (Å²) in [6.07, 6.45) is -1.00. The highest BCUT2D eigenvalue weighted by Gasteiger charge is 2.21. The van der Waals surface area contributed by atoms with E-state index in [0.29, 0.717) is 23.0 Å². The number of hydrogen-bond acceptors (Lipinski definition) is 8. The number of aryl methyl sites for hydroxylation is 1. The fraction of sp³-hybridized carbons (Fsp3) is 0.368. The largest absolute Gasteiger partial charge is 0.495 e. The van der Waals surface area contributed by atoms with Gasteiger partial charge in [-0.15, -0.1) is 11.8 Å². The summed E-state index contributed by atoms with van der Waals surface area (Å²) in [7, 11) is 1.49. The second kappa shape index (κ2) is 10.5. The molecule has 0 bridgehead atoms. The van der Waals surface area contributed by atoms with Crippen molar-refractivity contribution in [3.63, 3.8) is 0 Å². The second-order valence-corrected chi connectivity index (χ2v) is 7.42. The number of para-hydroxylation sites is 2. The summed E-state index contributed by atoms with van der Waals surface area (Å²) in [4.78, 5) is 36.3. The Hall–Kier alpha value is -3.01. The molecular weight excluding hydrogens is 398 g/mol. The topological polar surface area (TPSA) is 120 Å². The fourth-order valence-electron chi connectivity index (χ4n) is 2.19. The van der Waals surface area contributed by atoms with Gasteiger partial charge in [0, 0.05) is 6.07 Å². The van der Waals surface area contributed by atoms with Crippen LogP contribution in [0.25, 0.3) is 0 Å². The number of methoxy groups -OCH3 is 1. The number of hydrogen-bond donors (Lipinski definition) is 2. The Balaban J connectivity index is 1.77. The van der Waals surface area contributed by atoms with Crippen molar-refractivity contribution in [1.29, 1.82) is 0 Å². The number of aromatic nitrogens is 1. The molecule has 2 N–H and O–H groups in total. The van der Waals surface area contributed by atoms with Crippen LogP contribution in [-0.4, -0.2) is 47.2 Å². The SMILES string of the molecule is COc1ccccc1NC(=O)[C@@H](C)OC(=O)CS[C@H](C)C(=O)Nc1cc(C)on1. The Morgan fingerprint density at radius 3 is 2.55 bits per heavy atom. The molecule has 0 saturated heterocycles. The van der Waals surface area contributed by atoms with Crippen molar-refractivity contribution < 1.29 is 28.4 Å². The maximum absolute atomic E-state index is 12.2. The number of thioether (sulfide) groups is 1. The minimum absolute atomic E-state index is 0.0846. The number of rotatable bonds is 9. The lowest BCUT2D eigenvalue weighted by atomic mass is 10.2. The molecule has 1 aromatic carbocycles. The molecule has 0 unspecified atom stereocenters. The van der Waals surface area contributed by atoms with Gasteiger partial charge in [0.25, 0.3) is 5.91 Å². The number of anilines is 2. The van der Waals surface area contributed by atoms with Crippen LogP contribution in [0.3, 0.4) is 0 Å². The van der Waals surface area contributed by atoms with Crippen molar-refractivity contribution in [1.82, 2.24) is 5.16 Å². The number of carbonyl (C=O) groups is 3. The molecule has 0 aliphatic rings. The van der Waals surface area contributed by atoms with Crippen LogP contribution in [0.5, 0.6) is 5.75 Å². The van der Waals surface area contributed by atoms with E-state index in [1.54, 1.807) is 44.2 Å². The maximum Gasteiger partial charge on any atom is 0.316 e. The molecule has 0 spiro atoms. The summed E-state index contributed by atoms with van der Waals surface area (Å²) < 4.78 is 15.2. The fourth-order valence-corrected chi connectivity index (χ4v) is 2.85. The third-order valence-electron chi connectivity index (χ3n) is 3.74. The van der Waals surface area contributed by atoms with Crippen molar-refractivity contribution in [3.8, 4) is 5.75 Å². The summed E-state index contributed by atoms with van der Waals surface area (Å²) in [6, 6.07) is 8.49. The predicted molar refractivity (Wildman–Crippen MR) is 109 cm³/mol. The molecule has 2 amide bonds. The molecule has 0 aliphatic carbocycles. The summed E-state index contributed by atoms with van der Waals surface area (Å²) >= 11 is 1.09. The van der Waals surface area contributed by atoms with Gasteiger partial charge >= 0.3 is 5.97 Å². The van der Waals surface area contributed by atoms with Gasteiger partial charge in [-0.1, -0.05) is 17.3 Å². The van der Waals surface area contributed by atoms with Crippen molar-refractivity contribution in [3.05, 3.63) is 36.1 Å². The molecule has 0 radical (unpaired) electrons. The van der Waals surface area contributed by atoms with Gasteiger partial charge in [-0.05, 0) is 32.9 Å². The summed E-state index contributed by atoms with van der Waals surface area (Å²) in [5.41, 5.74) is 0.477. The van der Waals surface area contributed by atoms with E-state index in [9.17, 15) is 14.4 Å². The van der Waals surface area contributed by atoms with Crippen molar-refractivity contribution in [2.45, 2.75) is 32.1 Å². The Morgan fingerprint density at radius 2 is 1.90 bits per heavy atom. The molecule has 1 aromatic heterocycles. The highest BCUT2D eigenvalue weighted by Crippen LogP contribution is 2.23. The standard InChI is InChI=1S/C19H23N3O6S/c1-11-9-16(22-28-11)21-19(25)13(3)29-10-17(23)27-12(2)18(24)20-14-7-5-6-8-15(14)26-4/h5-9,12-13H,10H2,1-4H3,(H,20,24)(H,21,22,25)/t12-,13-/m1/s1. The molecule has 2 aromatic rings. The Morgan fingerprint density at radius 1 is 1.17 bits per heavy atom. The highest BCUT2D eigenvalue weighted by atomic mass is 32.2. The van der Waals surface area contributed by atoms with Crippen molar-refractivity contribution in [2.75, 3.05) is 23.5 Å². The molecular formula is C19H23N3O6S. The van der Waals surface area contributed by atoms with E-state index < -0.39 is 23.2 Å². The van der Waals surface area contributed by atoms with Crippen molar-refractivity contribution in [2.24, 2.45) is 0 Å². The zero-order valence-electron chi connectivity index (χ0n) is 16.6. The van der Waals surface area contributed by atoms with E-state index in [1.165, 1.54) is 14.0 Å². The molecule has 0 fully saturated rings. The maximum atomic E-state index is 12.2. The van der Waals surface area contributed by atoms with E-state index in [1.807, 2.05) is 0 Å². The summed E-state index contributed by atoms with van der Waals surface area (Å²) in [6.45, 7) is 4.83. The lowest BCUT2D eigenvalue weighted by molar-refractivity contribution is -0.150.